The average Bonchev–Trinajstić information content (AvgIpc) is 3.21. The van der Waals surface area contributed by atoms with Gasteiger partial charge in [0.05, 0.1) is 25.0 Å². The van der Waals surface area contributed by atoms with E-state index in [0.717, 1.165) is 10.6 Å². The zero-order chi connectivity index (χ0) is 19.9. The number of benzene rings is 1. The Hall–Kier alpha value is -2.58. The zero-order valence-electron chi connectivity index (χ0n) is 15.8. The van der Waals surface area contributed by atoms with Crippen molar-refractivity contribution in [3.8, 4) is 22.1 Å². The third-order valence-corrected chi connectivity index (χ3v) is 5.45. The molecule has 0 amide bonds. The molecule has 0 saturated carbocycles. The van der Waals surface area contributed by atoms with E-state index in [9.17, 15) is 4.79 Å². The van der Waals surface area contributed by atoms with Crippen LogP contribution in [0.25, 0.3) is 10.6 Å². The van der Waals surface area contributed by atoms with Crippen LogP contribution in [0.4, 0.5) is 0 Å². The van der Waals surface area contributed by atoms with E-state index in [2.05, 4.69) is 9.97 Å². The van der Waals surface area contributed by atoms with Gasteiger partial charge in [0.25, 0.3) is 0 Å². The number of hydrogen-bond donors (Lipinski definition) is 0. The van der Waals surface area contributed by atoms with Crippen LogP contribution in [0, 0.1) is 0 Å². The molecule has 0 atom stereocenters. The number of pyridine rings is 1. The molecular formula is C20H20N2O4S2. The molecule has 1 aromatic carbocycles. The Balaban J connectivity index is 1.70. The maximum absolute atomic E-state index is 12.3. The summed E-state index contributed by atoms with van der Waals surface area (Å²) in [4.78, 5) is 21.1. The number of methoxy groups -OCH3 is 1. The minimum absolute atomic E-state index is 0.103. The number of aromatic nitrogens is 2. The molecule has 0 saturated heterocycles. The minimum Gasteiger partial charge on any atom is -0.493 e. The van der Waals surface area contributed by atoms with Gasteiger partial charge in [-0.3, -0.25) is 0 Å². The smallest absolute Gasteiger partial charge is 0.341 e. The van der Waals surface area contributed by atoms with Gasteiger partial charge >= 0.3 is 5.97 Å². The summed E-state index contributed by atoms with van der Waals surface area (Å²) < 4.78 is 16.3. The molecule has 8 heteroatoms. The number of carbonyl (C=O) groups excluding carboxylic acids is 1. The molecule has 2 aromatic heterocycles. The topological polar surface area (TPSA) is 70.5 Å². The van der Waals surface area contributed by atoms with Gasteiger partial charge in [-0.15, -0.1) is 23.1 Å². The van der Waals surface area contributed by atoms with Crippen molar-refractivity contribution in [2.75, 3.05) is 20.0 Å². The van der Waals surface area contributed by atoms with Crippen molar-refractivity contribution < 1.29 is 19.0 Å². The normalized spacial score (nSPS) is 10.5. The van der Waals surface area contributed by atoms with Crippen LogP contribution in [0.5, 0.6) is 11.5 Å². The molecule has 0 bridgehead atoms. The van der Waals surface area contributed by atoms with Crippen LogP contribution in [-0.2, 0) is 11.3 Å². The third-order valence-electron chi connectivity index (χ3n) is 3.80. The molecule has 0 aliphatic heterocycles. The lowest BCUT2D eigenvalue weighted by Crippen LogP contribution is -2.07. The van der Waals surface area contributed by atoms with E-state index >= 15 is 0 Å². The molecule has 0 unspecified atom stereocenters. The summed E-state index contributed by atoms with van der Waals surface area (Å²) in [6, 6.07) is 9.12. The predicted octanol–water partition coefficient (Wildman–Crippen LogP) is 4.69. The van der Waals surface area contributed by atoms with Gasteiger partial charge in [0, 0.05) is 17.1 Å². The van der Waals surface area contributed by atoms with E-state index in [1.807, 2.05) is 36.8 Å². The van der Waals surface area contributed by atoms with Crippen LogP contribution < -0.4 is 9.47 Å². The number of thioether (sulfide) groups is 1. The lowest BCUT2D eigenvalue weighted by atomic mass is 10.2. The first-order chi connectivity index (χ1) is 13.7. The Kier molecular flexibility index (Phi) is 6.89. The van der Waals surface area contributed by atoms with E-state index in [1.165, 1.54) is 23.1 Å². The van der Waals surface area contributed by atoms with E-state index in [0.29, 0.717) is 34.4 Å². The van der Waals surface area contributed by atoms with Crippen LogP contribution in [0.2, 0.25) is 0 Å². The van der Waals surface area contributed by atoms with Crippen molar-refractivity contribution in [1.82, 2.24) is 9.97 Å². The molecule has 3 aromatic rings. The van der Waals surface area contributed by atoms with Gasteiger partial charge in [-0.1, -0.05) is 0 Å². The molecule has 0 aliphatic rings. The summed E-state index contributed by atoms with van der Waals surface area (Å²) >= 11 is 2.89. The molecule has 146 valence electrons. The van der Waals surface area contributed by atoms with Gasteiger partial charge in [-0.25, -0.2) is 14.8 Å². The molecule has 6 nitrogen and oxygen atoms in total. The second-order valence-corrected chi connectivity index (χ2v) is 7.23. The van der Waals surface area contributed by atoms with Crippen molar-refractivity contribution in [3.05, 3.63) is 53.2 Å². The molecule has 0 N–H and O–H groups in total. The Labute approximate surface area is 171 Å². The van der Waals surface area contributed by atoms with Crippen molar-refractivity contribution >= 4 is 29.1 Å². The highest BCUT2D eigenvalue weighted by Gasteiger charge is 2.15. The minimum atomic E-state index is -0.408. The molecule has 0 fully saturated rings. The summed E-state index contributed by atoms with van der Waals surface area (Å²) in [6.07, 6.45) is 3.53. The van der Waals surface area contributed by atoms with E-state index in [1.54, 1.807) is 25.4 Å². The van der Waals surface area contributed by atoms with Gasteiger partial charge in [0.1, 0.15) is 16.6 Å². The lowest BCUT2D eigenvalue weighted by molar-refractivity contribution is 0.0463. The van der Waals surface area contributed by atoms with Crippen LogP contribution in [-0.4, -0.2) is 35.9 Å². The summed E-state index contributed by atoms with van der Waals surface area (Å²) in [7, 11) is 1.61. The van der Waals surface area contributed by atoms with Crippen molar-refractivity contribution in [1.29, 1.82) is 0 Å². The Morgan fingerprint density at radius 1 is 1.25 bits per heavy atom. The van der Waals surface area contributed by atoms with Crippen molar-refractivity contribution in [3.63, 3.8) is 0 Å². The van der Waals surface area contributed by atoms with Gasteiger partial charge in [0.15, 0.2) is 11.5 Å². The molecule has 0 spiro atoms. The molecule has 0 aliphatic carbocycles. The first-order valence-electron chi connectivity index (χ1n) is 8.58. The zero-order valence-corrected chi connectivity index (χ0v) is 17.4. The maximum atomic E-state index is 12.3. The fraction of sp³-hybridized carbons (Fsp3) is 0.250. The predicted molar refractivity (Wildman–Crippen MR) is 110 cm³/mol. The Morgan fingerprint density at radius 3 is 2.86 bits per heavy atom. The second-order valence-electron chi connectivity index (χ2n) is 5.58. The summed E-state index contributed by atoms with van der Waals surface area (Å²) in [5.41, 5.74) is 2.07. The molecule has 0 radical (unpaired) electrons. The standard InChI is InChI=1S/C20H20N2O4S2/c1-4-25-16-8-7-13(10-17(16)24-2)18-22-14(12-28-18)11-26-20(23)15-6-5-9-21-19(15)27-3/h5-10,12H,4,11H2,1-3H3. The molecular weight excluding hydrogens is 396 g/mol. The van der Waals surface area contributed by atoms with Gasteiger partial charge < -0.3 is 14.2 Å². The van der Waals surface area contributed by atoms with Crippen molar-refractivity contribution in [2.45, 2.75) is 18.6 Å². The van der Waals surface area contributed by atoms with Gasteiger partial charge in [-0.2, -0.15) is 0 Å². The summed E-state index contributed by atoms with van der Waals surface area (Å²) in [6.45, 7) is 2.60. The van der Waals surface area contributed by atoms with E-state index in [4.69, 9.17) is 14.2 Å². The largest absolute Gasteiger partial charge is 0.493 e. The fourth-order valence-corrected chi connectivity index (χ4v) is 3.85. The Bertz CT molecular complexity index is 959. The number of hydrogen-bond acceptors (Lipinski definition) is 8. The van der Waals surface area contributed by atoms with E-state index in [-0.39, 0.29) is 6.61 Å². The number of nitrogens with zero attached hydrogens (tertiary/aromatic N) is 2. The SMILES string of the molecule is CCOc1ccc(-c2nc(COC(=O)c3cccnc3SC)cs2)cc1OC. The first-order valence-corrected chi connectivity index (χ1v) is 10.7. The van der Waals surface area contributed by atoms with Crippen LogP contribution in [0.1, 0.15) is 23.0 Å². The highest BCUT2D eigenvalue weighted by molar-refractivity contribution is 7.98. The number of rotatable bonds is 8. The van der Waals surface area contributed by atoms with Crippen molar-refractivity contribution in [2.24, 2.45) is 0 Å². The lowest BCUT2D eigenvalue weighted by Gasteiger charge is -2.10. The molecule has 3 rings (SSSR count). The fourth-order valence-electron chi connectivity index (χ4n) is 2.51. The number of esters is 1. The molecule has 28 heavy (non-hydrogen) atoms. The van der Waals surface area contributed by atoms with Crippen LogP contribution in [0.15, 0.2) is 46.9 Å². The highest BCUT2D eigenvalue weighted by Crippen LogP contribution is 2.34. The first kappa shape index (κ1) is 20.2. The average molecular weight is 417 g/mol. The van der Waals surface area contributed by atoms with Gasteiger partial charge in [-0.05, 0) is 43.5 Å². The number of carbonyl (C=O) groups is 1. The number of ether oxygens (including phenoxy) is 3. The second kappa shape index (κ2) is 9.57. The number of thiazole rings is 1. The monoisotopic (exact) mass is 416 g/mol. The Morgan fingerprint density at radius 2 is 2.11 bits per heavy atom. The molecule has 2 heterocycles. The maximum Gasteiger partial charge on any atom is 0.341 e. The summed E-state index contributed by atoms with van der Waals surface area (Å²) in [5.74, 6) is 0.943. The summed E-state index contributed by atoms with van der Waals surface area (Å²) in [5, 5.41) is 3.34. The van der Waals surface area contributed by atoms with E-state index < -0.39 is 5.97 Å². The van der Waals surface area contributed by atoms with Crippen LogP contribution in [0.3, 0.4) is 0 Å². The third kappa shape index (κ3) is 4.63. The highest BCUT2D eigenvalue weighted by atomic mass is 32.2. The van der Waals surface area contributed by atoms with Gasteiger partial charge in [0.2, 0.25) is 0 Å². The van der Waals surface area contributed by atoms with Crippen LogP contribution >= 0.6 is 23.1 Å². The quantitative estimate of drug-likeness (QED) is 0.390.